The van der Waals surface area contributed by atoms with Gasteiger partial charge in [-0.1, -0.05) is 35.9 Å². The molecule has 1 heterocycles. The van der Waals surface area contributed by atoms with Gasteiger partial charge in [-0.15, -0.1) is 0 Å². The minimum Gasteiger partial charge on any atom is -0.490 e. The van der Waals surface area contributed by atoms with E-state index in [2.05, 4.69) is 0 Å². The Bertz CT molecular complexity index is 1360. The summed E-state index contributed by atoms with van der Waals surface area (Å²) in [5.41, 5.74) is 0.157. The van der Waals surface area contributed by atoms with E-state index in [-0.39, 0.29) is 44.2 Å². The Morgan fingerprint density at radius 1 is 1.00 bits per heavy atom. The second kappa shape index (κ2) is 9.16. The number of para-hydroxylation sites is 2. The molecule has 0 fully saturated rings. The third-order valence-electron chi connectivity index (χ3n) is 4.65. The van der Waals surface area contributed by atoms with Gasteiger partial charge in [0.1, 0.15) is 17.1 Å². The molecule has 3 aromatic carbocycles. The first-order valence-corrected chi connectivity index (χ1v) is 10.3. The van der Waals surface area contributed by atoms with Crippen LogP contribution in [0.15, 0.2) is 75.9 Å². The van der Waals surface area contributed by atoms with Crippen LogP contribution in [0.3, 0.4) is 0 Å². The molecule has 0 aliphatic carbocycles. The molecule has 7 heteroatoms. The second-order valence-corrected chi connectivity index (χ2v) is 7.23. The van der Waals surface area contributed by atoms with Crippen LogP contribution in [0.5, 0.6) is 23.0 Å². The lowest BCUT2D eigenvalue weighted by Crippen LogP contribution is -2.10. The fourth-order valence-electron chi connectivity index (χ4n) is 3.16. The van der Waals surface area contributed by atoms with Crippen molar-refractivity contribution in [2.24, 2.45) is 0 Å². The van der Waals surface area contributed by atoms with Gasteiger partial charge in [-0.2, -0.15) is 0 Å². The van der Waals surface area contributed by atoms with Crippen molar-refractivity contribution < 1.29 is 23.4 Å². The molecule has 4 rings (SSSR count). The van der Waals surface area contributed by atoms with E-state index in [0.29, 0.717) is 18.1 Å². The molecule has 6 nitrogen and oxygen atoms in total. The van der Waals surface area contributed by atoms with E-state index in [1.54, 1.807) is 49.4 Å². The van der Waals surface area contributed by atoms with Crippen molar-refractivity contribution in [1.82, 2.24) is 0 Å². The Morgan fingerprint density at radius 3 is 2.47 bits per heavy atom. The summed E-state index contributed by atoms with van der Waals surface area (Å²) in [5, 5.41) is 0.576. The SMILES string of the molecule is CCOc1ccccc1Oc1c(C)oc2cc(OC(=O)c3ccccc3Cl)ccc2c1=O. The largest absolute Gasteiger partial charge is 0.490 e. The molecule has 0 radical (unpaired) electrons. The molecule has 0 N–H and O–H groups in total. The smallest absolute Gasteiger partial charge is 0.345 e. The van der Waals surface area contributed by atoms with Gasteiger partial charge in [0.25, 0.3) is 0 Å². The highest BCUT2D eigenvalue weighted by Gasteiger charge is 2.18. The number of carbonyl (C=O) groups is 1. The fourth-order valence-corrected chi connectivity index (χ4v) is 3.37. The predicted molar refractivity (Wildman–Crippen MR) is 121 cm³/mol. The van der Waals surface area contributed by atoms with Crippen LogP contribution in [0.4, 0.5) is 0 Å². The number of ether oxygens (including phenoxy) is 3. The van der Waals surface area contributed by atoms with Gasteiger partial charge in [0, 0.05) is 6.07 Å². The van der Waals surface area contributed by atoms with E-state index in [9.17, 15) is 9.59 Å². The van der Waals surface area contributed by atoms with Gasteiger partial charge >= 0.3 is 5.97 Å². The third-order valence-corrected chi connectivity index (χ3v) is 4.98. The minimum atomic E-state index is -0.610. The number of aryl methyl sites for hydroxylation is 1. The van der Waals surface area contributed by atoms with Crippen molar-refractivity contribution in [3.05, 3.63) is 93.3 Å². The molecule has 162 valence electrons. The lowest BCUT2D eigenvalue weighted by Gasteiger charge is -2.13. The summed E-state index contributed by atoms with van der Waals surface area (Å²) in [6.07, 6.45) is 0. The number of hydrogen-bond acceptors (Lipinski definition) is 6. The van der Waals surface area contributed by atoms with Gasteiger partial charge in [-0.05, 0) is 50.2 Å². The summed E-state index contributed by atoms with van der Waals surface area (Å²) in [6, 6.07) is 18.2. The number of esters is 1. The summed E-state index contributed by atoms with van der Waals surface area (Å²) in [6.45, 7) is 3.95. The predicted octanol–water partition coefficient (Wildman–Crippen LogP) is 6.17. The molecule has 0 amide bonds. The van der Waals surface area contributed by atoms with Crippen LogP contribution >= 0.6 is 11.6 Å². The van der Waals surface area contributed by atoms with Crippen molar-refractivity contribution in [3.8, 4) is 23.0 Å². The van der Waals surface area contributed by atoms with Crippen LogP contribution in [0.1, 0.15) is 23.0 Å². The Morgan fingerprint density at radius 2 is 1.72 bits per heavy atom. The Balaban J connectivity index is 1.66. The second-order valence-electron chi connectivity index (χ2n) is 6.83. The molecule has 0 saturated heterocycles. The van der Waals surface area contributed by atoms with Crippen LogP contribution in [0.25, 0.3) is 11.0 Å². The summed E-state index contributed by atoms with van der Waals surface area (Å²) in [4.78, 5) is 25.5. The highest BCUT2D eigenvalue weighted by Crippen LogP contribution is 2.33. The number of benzene rings is 3. The van der Waals surface area contributed by atoms with Gasteiger partial charge in [-0.25, -0.2) is 4.79 Å². The zero-order valence-electron chi connectivity index (χ0n) is 17.4. The van der Waals surface area contributed by atoms with Crippen LogP contribution in [0.2, 0.25) is 5.02 Å². The monoisotopic (exact) mass is 450 g/mol. The fraction of sp³-hybridized carbons (Fsp3) is 0.120. The van der Waals surface area contributed by atoms with Crippen LogP contribution in [-0.4, -0.2) is 12.6 Å². The minimum absolute atomic E-state index is 0.0606. The van der Waals surface area contributed by atoms with Gasteiger partial charge in [0.2, 0.25) is 11.2 Å². The molecule has 1 aromatic heterocycles. The molecule has 0 bridgehead atoms. The Hall–Kier alpha value is -3.77. The average molecular weight is 451 g/mol. The van der Waals surface area contributed by atoms with E-state index in [4.69, 9.17) is 30.2 Å². The molecule has 0 spiro atoms. The van der Waals surface area contributed by atoms with Crippen LogP contribution < -0.4 is 19.6 Å². The number of hydrogen-bond donors (Lipinski definition) is 0. The maximum atomic E-state index is 13.1. The lowest BCUT2D eigenvalue weighted by molar-refractivity contribution is 0.0735. The van der Waals surface area contributed by atoms with Crippen LogP contribution in [0, 0.1) is 6.92 Å². The molecule has 32 heavy (non-hydrogen) atoms. The summed E-state index contributed by atoms with van der Waals surface area (Å²) in [7, 11) is 0. The van der Waals surface area contributed by atoms with Crippen molar-refractivity contribution >= 4 is 28.5 Å². The first-order chi connectivity index (χ1) is 15.5. The molecule has 0 atom stereocenters. The first kappa shape index (κ1) is 21.5. The quantitative estimate of drug-likeness (QED) is 0.258. The summed E-state index contributed by atoms with van der Waals surface area (Å²) >= 11 is 6.05. The molecule has 0 saturated carbocycles. The van der Waals surface area contributed by atoms with Crippen molar-refractivity contribution in [1.29, 1.82) is 0 Å². The molecule has 0 unspecified atom stereocenters. The van der Waals surface area contributed by atoms with E-state index >= 15 is 0 Å². The highest BCUT2D eigenvalue weighted by atomic mass is 35.5. The maximum Gasteiger partial charge on any atom is 0.345 e. The average Bonchev–Trinajstić information content (AvgIpc) is 2.78. The Kier molecular flexibility index (Phi) is 6.14. The van der Waals surface area contributed by atoms with Gasteiger partial charge in [0.05, 0.1) is 22.6 Å². The van der Waals surface area contributed by atoms with Gasteiger partial charge in [0.15, 0.2) is 11.5 Å². The van der Waals surface area contributed by atoms with E-state index in [0.717, 1.165) is 0 Å². The van der Waals surface area contributed by atoms with Gasteiger partial charge < -0.3 is 18.6 Å². The highest BCUT2D eigenvalue weighted by molar-refractivity contribution is 6.33. The van der Waals surface area contributed by atoms with Crippen molar-refractivity contribution in [2.75, 3.05) is 6.61 Å². The molecular weight excluding hydrogens is 432 g/mol. The molecular formula is C25H19ClO6. The number of fused-ring (bicyclic) bond motifs is 1. The van der Waals surface area contributed by atoms with Crippen molar-refractivity contribution in [3.63, 3.8) is 0 Å². The number of carbonyl (C=O) groups excluding carboxylic acids is 1. The number of rotatable bonds is 6. The number of halogens is 1. The third kappa shape index (κ3) is 4.31. The lowest BCUT2D eigenvalue weighted by atomic mass is 10.2. The first-order valence-electron chi connectivity index (χ1n) is 9.91. The summed E-state index contributed by atoms with van der Waals surface area (Å²) in [5.74, 6) is 0.890. The maximum absolute atomic E-state index is 13.1. The molecule has 0 aliphatic heterocycles. The topological polar surface area (TPSA) is 75.0 Å². The molecule has 4 aromatic rings. The Labute approximate surface area is 188 Å². The van der Waals surface area contributed by atoms with E-state index in [1.807, 2.05) is 13.0 Å². The zero-order valence-corrected chi connectivity index (χ0v) is 18.1. The summed E-state index contributed by atoms with van der Waals surface area (Å²) < 4.78 is 22.6. The molecule has 0 aliphatic rings. The van der Waals surface area contributed by atoms with Crippen molar-refractivity contribution in [2.45, 2.75) is 13.8 Å². The van der Waals surface area contributed by atoms with E-state index in [1.165, 1.54) is 18.2 Å². The van der Waals surface area contributed by atoms with Gasteiger partial charge in [-0.3, -0.25) is 4.79 Å². The van der Waals surface area contributed by atoms with E-state index < -0.39 is 5.97 Å². The van der Waals surface area contributed by atoms with Crippen LogP contribution in [-0.2, 0) is 0 Å². The normalized spacial score (nSPS) is 10.7. The zero-order chi connectivity index (χ0) is 22.7. The standard InChI is InChI=1S/C25H19ClO6/c1-3-29-20-10-6-7-11-21(20)32-24-15(2)30-22-14-16(12-13-18(22)23(24)27)31-25(28)17-8-4-5-9-19(17)26/h4-14H,3H2,1-2H3.